The normalized spacial score (nSPS) is 24.6. The van der Waals surface area contributed by atoms with Gasteiger partial charge in [0, 0.05) is 16.8 Å². The maximum Gasteiger partial charge on any atom is 0.335 e. The zero-order valence-electron chi connectivity index (χ0n) is 11.8. The lowest BCUT2D eigenvalue weighted by Crippen LogP contribution is -2.52. The zero-order chi connectivity index (χ0) is 15.6. The summed E-state index contributed by atoms with van der Waals surface area (Å²) in [6, 6.07) is 4.14. The Hall–Kier alpha value is -1.60. The Morgan fingerprint density at radius 2 is 2.14 bits per heavy atom. The van der Waals surface area contributed by atoms with Crippen LogP contribution in [0.1, 0.15) is 30.6 Å². The van der Waals surface area contributed by atoms with Crippen LogP contribution in [0, 0.1) is 0 Å². The third-order valence-electron chi connectivity index (χ3n) is 3.69. The minimum Gasteiger partial charge on any atom is -0.478 e. The maximum atomic E-state index is 12.1. The summed E-state index contributed by atoms with van der Waals surface area (Å²) in [7, 11) is 0. The van der Waals surface area contributed by atoms with Crippen LogP contribution in [0.2, 0.25) is 0 Å². The van der Waals surface area contributed by atoms with Crippen LogP contribution < -0.4 is 10.6 Å². The summed E-state index contributed by atoms with van der Waals surface area (Å²) in [5.74, 6) is -1.05. The van der Waals surface area contributed by atoms with Crippen molar-refractivity contribution in [3.8, 4) is 0 Å². The molecule has 6 nitrogen and oxygen atoms in total. The zero-order valence-corrected chi connectivity index (χ0v) is 13.4. The fourth-order valence-corrected chi connectivity index (χ4v) is 2.70. The second-order valence-corrected chi connectivity index (χ2v) is 6.21. The first kappa shape index (κ1) is 15.8. The van der Waals surface area contributed by atoms with Gasteiger partial charge in [-0.25, -0.2) is 9.59 Å². The second kappa shape index (κ2) is 6.03. The monoisotopic (exact) mass is 356 g/mol. The first-order valence-electron chi connectivity index (χ1n) is 6.55. The van der Waals surface area contributed by atoms with Crippen LogP contribution >= 0.6 is 15.9 Å². The van der Waals surface area contributed by atoms with Gasteiger partial charge in [-0.3, -0.25) is 0 Å². The van der Waals surface area contributed by atoms with Gasteiger partial charge in [0.25, 0.3) is 0 Å². The fourth-order valence-electron chi connectivity index (χ4n) is 2.21. The third kappa shape index (κ3) is 3.74. The number of hydrogen-bond acceptors (Lipinski definition) is 3. The Bertz CT molecular complexity index is 578. The summed E-state index contributed by atoms with van der Waals surface area (Å²) >= 11 is 3.22. The molecule has 0 saturated carbocycles. The third-order valence-corrected chi connectivity index (χ3v) is 4.15. The summed E-state index contributed by atoms with van der Waals surface area (Å²) in [5, 5.41) is 14.5. The maximum absolute atomic E-state index is 12.1. The molecular weight excluding hydrogens is 340 g/mol. The lowest BCUT2D eigenvalue weighted by molar-refractivity contribution is 0.0696. The highest BCUT2D eigenvalue weighted by molar-refractivity contribution is 9.10. The van der Waals surface area contributed by atoms with E-state index in [1.807, 2.05) is 13.8 Å². The summed E-state index contributed by atoms with van der Waals surface area (Å²) < 4.78 is 6.05. The molecule has 7 heteroatoms. The van der Waals surface area contributed by atoms with Gasteiger partial charge in [-0.15, -0.1) is 0 Å². The first-order valence-corrected chi connectivity index (χ1v) is 7.34. The average molecular weight is 357 g/mol. The Labute approximate surface area is 131 Å². The average Bonchev–Trinajstić information content (AvgIpc) is 2.68. The Morgan fingerprint density at radius 1 is 1.43 bits per heavy atom. The molecule has 1 saturated heterocycles. The van der Waals surface area contributed by atoms with Crippen LogP contribution in [0.25, 0.3) is 0 Å². The molecule has 3 N–H and O–H groups in total. The molecule has 1 aliphatic rings. The van der Waals surface area contributed by atoms with Crippen molar-refractivity contribution in [1.82, 2.24) is 5.32 Å². The topological polar surface area (TPSA) is 87.7 Å². The van der Waals surface area contributed by atoms with Gasteiger partial charge >= 0.3 is 12.0 Å². The van der Waals surface area contributed by atoms with Gasteiger partial charge < -0.3 is 20.5 Å². The molecule has 0 bridgehead atoms. The van der Waals surface area contributed by atoms with E-state index in [1.54, 1.807) is 6.07 Å². The highest BCUT2D eigenvalue weighted by Crippen LogP contribution is 2.25. The van der Waals surface area contributed by atoms with E-state index in [4.69, 9.17) is 9.84 Å². The van der Waals surface area contributed by atoms with E-state index in [9.17, 15) is 9.59 Å². The van der Waals surface area contributed by atoms with Crippen molar-refractivity contribution in [2.24, 2.45) is 0 Å². The van der Waals surface area contributed by atoms with Crippen LogP contribution in [0.3, 0.4) is 0 Å². The number of rotatable bonds is 3. The number of ether oxygens (including phenoxy) is 1. The summed E-state index contributed by atoms with van der Waals surface area (Å²) in [6.07, 6.45) is 0.667. The van der Waals surface area contributed by atoms with Gasteiger partial charge in [0.1, 0.15) is 0 Å². The Balaban J connectivity index is 2.08. The molecule has 2 unspecified atom stereocenters. The van der Waals surface area contributed by atoms with Crippen molar-refractivity contribution < 1.29 is 19.4 Å². The molecular formula is C14H17BrN2O4. The van der Waals surface area contributed by atoms with Crippen molar-refractivity contribution in [3.05, 3.63) is 28.2 Å². The van der Waals surface area contributed by atoms with Crippen molar-refractivity contribution in [3.63, 3.8) is 0 Å². The predicted octanol–water partition coefficient (Wildman–Crippen LogP) is 2.84. The molecule has 1 aromatic rings. The van der Waals surface area contributed by atoms with Crippen molar-refractivity contribution in [2.75, 3.05) is 11.9 Å². The summed E-state index contributed by atoms with van der Waals surface area (Å²) in [6.45, 7) is 4.45. The number of carboxylic acids is 1. The van der Waals surface area contributed by atoms with Gasteiger partial charge in [0.2, 0.25) is 0 Å². The standard InChI is InChI=1S/C14H17BrN2O4/c1-8-14(2,3-4-21-8)17-13(20)16-11-6-9(12(18)19)5-10(15)7-11/h5-8H,3-4H2,1-2H3,(H,18,19)(H2,16,17,20). The predicted molar refractivity (Wildman–Crippen MR) is 81.7 cm³/mol. The Kier molecular flexibility index (Phi) is 4.53. The van der Waals surface area contributed by atoms with E-state index < -0.39 is 11.5 Å². The number of carbonyl (C=O) groups excluding carboxylic acids is 1. The molecule has 21 heavy (non-hydrogen) atoms. The van der Waals surface area contributed by atoms with Gasteiger partial charge in [-0.05, 0) is 38.5 Å². The van der Waals surface area contributed by atoms with Crippen LogP contribution in [0.15, 0.2) is 22.7 Å². The van der Waals surface area contributed by atoms with E-state index in [0.717, 1.165) is 6.42 Å². The minimum atomic E-state index is -1.05. The lowest BCUT2D eigenvalue weighted by Gasteiger charge is -2.28. The van der Waals surface area contributed by atoms with Crippen molar-refractivity contribution in [2.45, 2.75) is 31.9 Å². The Morgan fingerprint density at radius 3 is 2.71 bits per heavy atom. The summed E-state index contributed by atoms with van der Waals surface area (Å²) in [5.41, 5.74) is 0.0871. The molecule has 114 valence electrons. The highest BCUT2D eigenvalue weighted by Gasteiger charge is 2.38. The number of nitrogens with one attached hydrogen (secondary N) is 2. The number of benzene rings is 1. The van der Waals surface area contributed by atoms with E-state index in [2.05, 4.69) is 26.6 Å². The highest BCUT2D eigenvalue weighted by atomic mass is 79.9. The smallest absolute Gasteiger partial charge is 0.335 e. The van der Waals surface area contributed by atoms with Crippen LogP contribution in [0.5, 0.6) is 0 Å². The van der Waals surface area contributed by atoms with Gasteiger partial charge in [0.15, 0.2) is 0 Å². The second-order valence-electron chi connectivity index (χ2n) is 5.29. The number of carbonyl (C=O) groups is 2. The number of amides is 2. The summed E-state index contributed by atoms with van der Waals surface area (Å²) in [4.78, 5) is 23.1. The number of aromatic carboxylic acids is 1. The van der Waals surface area contributed by atoms with Gasteiger partial charge in [-0.1, -0.05) is 15.9 Å². The largest absolute Gasteiger partial charge is 0.478 e. The molecule has 2 rings (SSSR count). The van der Waals surface area contributed by atoms with E-state index in [-0.39, 0.29) is 17.7 Å². The van der Waals surface area contributed by atoms with Gasteiger partial charge in [-0.2, -0.15) is 0 Å². The number of hydrogen-bond donors (Lipinski definition) is 3. The molecule has 1 fully saturated rings. The first-order chi connectivity index (χ1) is 9.80. The van der Waals surface area contributed by atoms with Gasteiger partial charge in [0.05, 0.1) is 17.2 Å². The quantitative estimate of drug-likeness (QED) is 0.776. The molecule has 2 atom stereocenters. The molecule has 0 radical (unpaired) electrons. The molecule has 0 aromatic heterocycles. The number of halogens is 1. The molecule has 1 heterocycles. The molecule has 0 spiro atoms. The van der Waals surface area contributed by atoms with Crippen LogP contribution in [-0.2, 0) is 4.74 Å². The van der Waals surface area contributed by atoms with Crippen molar-refractivity contribution >= 4 is 33.6 Å². The van der Waals surface area contributed by atoms with E-state index >= 15 is 0 Å². The number of anilines is 1. The van der Waals surface area contributed by atoms with E-state index in [1.165, 1.54) is 12.1 Å². The lowest BCUT2D eigenvalue weighted by atomic mass is 9.95. The fraction of sp³-hybridized carbons (Fsp3) is 0.429. The van der Waals surface area contributed by atoms with E-state index in [0.29, 0.717) is 16.8 Å². The van der Waals surface area contributed by atoms with Crippen LogP contribution in [0.4, 0.5) is 10.5 Å². The molecule has 2 amide bonds. The number of carboxylic acid groups (broad SMARTS) is 1. The van der Waals surface area contributed by atoms with Crippen molar-refractivity contribution in [1.29, 1.82) is 0 Å². The number of urea groups is 1. The SMILES string of the molecule is CC1OCCC1(C)NC(=O)Nc1cc(Br)cc(C(=O)O)c1. The molecule has 1 aliphatic heterocycles. The molecule has 1 aromatic carbocycles. The van der Waals surface area contributed by atoms with Crippen LogP contribution in [-0.4, -0.2) is 35.4 Å². The molecule has 0 aliphatic carbocycles. The minimum absolute atomic E-state index is 0.0691.